The van der Waals surface area contributed by atoms with Crippen molar-refractivity contribution in [1.29, 1.82) is 0 Å². The summed E-state index contributed by atoms with van der Waals surface area (Å²) >= 11 is 0. The van der Waals surface area contributed by atoms with Crippen molar-refractivity contribution in [3.63, 3.8) is 0 Å². The van der Waals surface area contributed by atoms with E-state index in [9.17, 15) is 0 Å². The molecule has 0 heterocycles. The van der Waals surface area contributed by atoms with Crippen LogP contribution in [0.3, 0.4) is 0 Å². The first-order chi connectivity index (χ1) is 12.2. The Balaban J connectivity index is 1.63. The molecule has 124 valence electrons. The van der Waals surface area contributed by atoms with Crippen molar-refractivity contribution < 1.29 is 0 Å². The van der Waals surface area contributed by atoms with Crippen LogP contribution >= 0.6 is 18.5 Å². The summed E-state index contributed by atoms with van der Waals surface area (Å²) in [5, 5.41) is 0. The van der Waals surface area contributed by atoms with Crippen molar-refractivity contribution >= 4 is 18.5 Å². The Morgan fingerprint density at radius 2 is 0.760 bits per heavy atom. The molecule has 0 saturated carbocycles. The van der Waals surface area contributed by atoms with Crippen LogP contribution in [0, 0.1) is 0 Å². The molecule has 0 N–H and O–H groups in total. The number of rotatable bonds is 4. The minimum Gasteiger partial charge on any atom is -0.133 e. The molecule has 0 nitrogen and oxygen atoms in total. The Morgan fingerprint density at radius 1 is 0.440 bits per heavy atom. The van der Waals surface area contributed by atoms with Gasteiger partial charge in [-0.25, -0.2) is 0 Å². The third-order valence-corrected chi connectivity index (χ3v) is 5.76. The maximum absolute atomic E-state index is 2.80. The summed E-state index contributed by atoms with van der Waals surface area (Å²) in [5.74, 6) is 0. The third-order valence-electron chi connectivity index (χ3n) is 4.82. The van der Waals surface area contributed by atoms with E-state index >= 15 is 0 Å². The molecule has 0 amide bonds. The van der Waals surface area contributed by atoms with E-state index in [1.54, 1.807) is 0 Å². The Hall–Kier alpha value is -1.74. The van der Waals surface area contributed by atoms with Gasteiger partial charge in [-0.05, 0) is 63.3 Å². The molecule has 0 radical (unpaired) electrons. The molecule has 25 heavy (non-hydrogen) atoms. The van der Waals surface area contributed by atoms with Crippen LogP contribution in [0.1, 0.15) is 22.3 Å². The van der Waals surface area contributed by atoms with Crippen LogP contribution in [0.5, 0.6) is 0 Å². The third kappa shape index (κ3) is 3.62. The van der Waals surface area contributed by atoms with E-state index in [1.807, 2.05) is 0 Å². The van der Waals surface area contributed by atoms with Gasteiger partial charge in [0.1, 0.15) is 0 Å². The topological polar surface area (TPSA) is 0 Å². The maximum atomic E-state index is 2.80. The molecule has 2 heteroatoms. The molecule has 0 saturated heterocycles. The molecular weight excluding hydrogens is 338 g/mol. The van der Waals surface area contributed by atoms with Crippen molar-refractivity contribution in [1.82, 2.24) is 0 Å². The number of hydrogen-bond acceptors (Lipinski definition) is 0. The Kier molecular flexibility index (Phi) is 4.85. The zero-order valence-electron chi connectivity index (χ0n) is 14.2. The highest BCUT2D eigenvalue weighted by Crippen LogP contribution is 2.29. The van der Waals surface area contributed by atoms with Crippen molar-refractivity contribution in [2.45, 2.75) is 18.7 Å². The van der Waals surface area contributed by atoms with Gasteiger partial charge in [0.05, 0.1) is 0 Å². The fraction of sp³-hybridized carbons (Fsp3) is 0.130. The van der Waals surface area contributed by atoms with Gasteiger partial charge >= 0.3 is 0 Å². The fourth-order valence-corrected chi connectivity index (χ4v) is 3.87. The van der Waals surface area contributed by atoms with Crippen LogP contribution in [0.4, 0.5) is 0 Å². The smallest absolute Gasteiger partial charge is 0.00258 e. The van der Waals surface area contributed by atoms with Crippen molar-refractivity contribution in [2.75, 3.05) is 0 Å². The normalized spacial score (nSPS) is 11.3. The predicted octanol–water partition coefficient (Wildman–Crippen LogP) is 6.24. The molecule has 2 atom stereocenters. The van der Waals surface area contributed by atoms with Crippen LogP contribution < -0.4 is 0 Å². The van der Waals surface area contributed by atoms with Crippen LogP contribution in [0.2, 0.25) is 0 Å². The summed E-state index contributed by atoms with van der Waals surface area (Å²) in [6, 6.07) is 27.2. The lowest BCUT2D eigenvalue weighted by atomic mass is 10.1. The second kappa shape index (κ2) is 7.25. The van der Waals surface area contributed by atoms with Gasteiger partial charge in [-0.3, -0.25) is 0 Å². The van der Waals surface area contributed by atoms with E-state index < -0.39 is 0 Å². The molecule has 0 bridgehead atoms. The highest BCUT2D eigenvalue weighted by molar-refractivity contribution is 7.15. The van der Waals surface area contributed by atoms with E-state index in [-0.39, 0.29) is 0 Å². The van der Waals surface area contributed by atoms with Gasteiger partial charge in [-0.15, -0.1) is 18.5 Å². The molecule has 0 aromatic rings. The molecule has 4 rings (SSSR count). The molecule has 0 spiro atoms. The van der Waals surface area contributed by atoms with Crippen LogP contribution in [0.25, 0.3) is 22.3 Å². The highest BCUT2D eigenvalue weighted by Gasteiger charge is 2.06. The quantitative estimate of drug-likeness (QED) is 0.378. The molecule has 2 unspecified atom stereocenters. The van der Waals surface area contributed by atoms with Gasteiger partial charge in [0.25, 0.3) is 0 Å². The molecule has 0 fully saturated rings. The van der Waals surface area contributed by atoms with Gasteiger partial charge in [-0.1, -0.05) is 72.8 Å². The summed E-state index contributed by atoms with van der Waals surface area (Å²) < 4.78 is 0. The molecule has 0 aliphatic heterocycles. The maximum Gasteiger partial charge on any atom is -0.00258 e. The second-order valence-corrected chi connectivity index (χ2v) is 7.43. The summed E-state index contributed by atoms with van der Waals surface area (Å²) in [6.07, 6.45) is 2.99. The van der Waals surface area contributed by atoms with Crippen molar-refractivity contribution in [2.24, 2.45) is 0 Å². The first kappa shape index (κ1) is 16.7. The van der Waals surface area contributed by atoms with E-state index in [1.165, 1.54) is 44.5 Å². The highest BCUT2D eigenvalue weighted by atomic mass is 31.0. The second-order valence-electron chi connectivity index (χ2n) is 6.62. The Morgan fingerprint density at radius 3 is 1.04 bits per heavy atom. The van der Waals surface area contributed by atoms with Crippen molar-refractivity contribution in [3.8, 4) is 22.3 Å². The van der Waals surface area contributed by atoms with E-state index in [0.29, 0.717) is 0 Å². The number of fused-ring (bicyclic) bond motifs is 2. The predicted molar refractivity (Wildman–Crippen MR) is 116 cm³/mol. The van der Waals surface area contributed by atoms with Gasteiger partial charge in [-0.2, -0.15) is 0 Å². The lowest BCUT2D eigenvalue weighted by molar-refractivity contribution is 1.21. The Bertz CT molecular complexity index is 812. The van der Waals surface area contributed by atoms with Gasteiger partial charge < -0.3 is 0 Å². The average molecular weight is 360 g/mol. The molecular formula is C23H22P2. The van der Waals surface area contributed by atoms with E-state index in [2.05, 4.69) is 91.3 Å². The lowest BCUT2D eigenvalue weighted by Crippen LogP contribution is -1.83. The minimum absolute atomic E-state index is 0.960. The Labute approximate surface area is 154 Å². The van der Waals surface area contributed by atoms with Crippen LogP contribution in [-0.4, -0.2) is 0 Å². The first-order valence-corrected chi connectivity index (χ1v) is 10.3. The molecule has 0 aromatic carbocycles. The average Bonchev–Trinajstić information content (AvgIpc) is 3.12. The zero-order valence-corrected chi connectivity index (χ0v) is 16.5. The zero-order chi connectivity index (χ0) is 17.2. The summed E-state index contributed by atoms with van der Waals surface area (Å²) in [5.41, 5.74) is 10.8. The van der Waals surface area contributed by atoms with Gasteiger partial charge in [0.15, 0.2) is 0 Å². The minimum atomic E-state index is 0.960. The summed E-state index contributed by atoms with van der Waals surface area (Å²) in [6.45, 7) is 0. The van der Waals surface area contributed by atoms with E-state index in [4.69, 9.17) is 0 Å². The summed E-state index contributed by atoms with van der Waals surface area (Å²) in [4.78, 5) is 0. The monoisotopic (exact) mass is 360 g/mol. The van der Waals surface area contributed by atoms with Crippen LogP contribution in [-0.2, 0) is 18.7 Å². The lowest BCUT2D eigenvalue weighted by Gasteiger charge is -1.96. The fourth-order valence-electron chi connectivity index (χ4n) is 3.40. The van der Waals surface area contributed by atoms with Crippen LogP contribution in [0.15, 0.2) is 72.8 Å². The van der Waals surface area contributed by atoms with Crippen molar-refractivity contribution in [3.05, 3.63) is 95.1 Å². The molecule has 0 aromatic heterocycles. The van der Waals surface area contributed by atoms with Gasteiger partial charge in [0, 0.05) is 0 Å². The molecule has 4 aliphatic carbocycles. The summed E-state index contributed by atoms with van der Waals surface area (Å²) in [7, 11) is 5.60. The molecule has 4 aliphatic rings. The first-order valence-electron chi connectivity index (χ1n) is 8.68. The largest absolute Gasteiger partial charge is 0.133 e. The van der Waals surface area contributed by atoms with Gasteiger partial charge in [0.2, 0.25) is 0 Å². The number of hydrogen-bond donors (Lipinski definition) is 0. The standard InChI is InChI=1S/C23H22P2/c24-14-18-10-20-5-1-16(2-6-21(20)11-18)9-17-3-7-22-12-19(15-25)13-23(22)8-4-17/h1-8,10-13H,9,14-15,24-25H2. The SMILES string of the molecule is PCc1cc2ccc(Cc3ccc4cc(CP)cc-4cc3)ccc-2c1. The van der Waals surface area contributed by atoms with E-state index in [0.717, 1.165) is 18.7 Å².